The zero-order chi connectivity index (χ0) is 12.5. The third-order valence-electron chi connectivity index (χ3n) is 1.36. The lowest BCUT2D eigenvalue weighted by molar-refractivity contribution is -0.270. The first kappa shape index (κ1) is 16.0. The molecule has 0 unspecified atom stereocenters. The van der Waals surface area contributed by atoms with Crippen LogP contribution in [0.15, 0.2) is 0 Å². The van der Waals surface area contributed by atoms with Crippen LogP contribution in [0.3, 0.4) is 0 Å². The summed E-state index contributed by atoms with van der Waals surface area (Å²) in [5.41, 5.74) is -1.39. The second-order valence-electron chi connectivity index (χ2n) is 2.61. The van der Waals surface area contributed by atoms with Crippen LogP contribution in [-0.2, 0) is 14.6 Å². The van der Waals surface area contributed by atoms with Crippen LogP contribution in [0.5, 0.6) is 0 Å². The first-order chi connectivity index (χ1) is 6.87. The van der Waals surface area contributed by atoms with Gasteiger partial charge in [-0.1, -0.05) is 0 Å². The molecule has 0 aliphatic carbocycles. The predicted molar refractivity (Wildman–Crippen MR) is 42.7 cm³/mol. The average Bonchev–Trinajstić information content (AvgIpc) is 2.27. The number of hydrogen-bond donors (Lipinski definition) is 5. The van der Waals surface area contributed by atoms with Gasteiger partial charge in [0.2, 0.25) is 0 Å². The van der Waals surface area contributed by atoms with Gasteiger partial charge in [0, 0.05) is 0 Å². The molecule has 0 heterocycles. The summed E-state index contributed by atoms with van der Waals surface area (Å²) in [7, 11) is 0. The Balaban J connectivity index is 0. The summed E-state index contributed by atoms with van der Waals surface area (Å²) >= 11 is 0. The van der Waals surface area contributed by atoms with Gasteiger partial charge in [0.1, 0.15) is 5.41 Å². The van der Waals surface area contributed by atoms with Crippen molar-refractivity contribution in [1.82, 2.24) is 0 Å². The molecule has 9 nitrogen and oxygen atoms in total. The Morgan fingerprint density at radius 1 is 1.13 bits per heavy atom. The predicted octanol–water partition coefficient (Wildman–Crippen LogP) is -0.852. The van der Waals surface area contributed by atoms with E-state index in [0.717, 1.165) is 0 Å². The van der Waals surface area contributed by atoms with Gasteiger partial charge < -0.3 is 15.3 Å². The van der Waals surface area contributed by atoms with Crippen LogP contribution in [0.25, 0.3) is 0 Å². The van der Waals surface area contributed by atoms with Crippen molar-refractivity contribution >= 4 is 12.1 Å². The van der Waals surface area contributed by atoms with E-state index in [0.29, 0.717) is 0 Å². The Labute approximate surface area is 83.9 Å². The SMILES string of the molecule is CC(CO)(CO)C(=O)O.O=C(OO)OO. The van der Waals surface area contributed by atoms with Crippen molar-refractivity contribution in [2.75, 3.05) is 13.2 Å². The topological polar surface area (TPSA) is 154 Å². The van der Waals surface area contributed by atoms with E-state index in [9.17, 15) is 9.59 Å². The highest BCUT2D eigenvalue weighted by atomic mass is 17.2. The van der Waals surface area contributed by atoms with E-state index in [4.69, 9.17) is 25.8 Å². The van der Waals surface area contributed by atoms with Gasteiger partial charge in [-0.2, -0.15) is 15.3 Å². The molecule has 9 heteroatoms. The van der Waals surface area contributed by atoms with Crippen LogP contribution in [-0.4, -0.2) is 51.2 Å². The van der Waals surface area contributed by atoms with E-state index in [1.54, 1.807) is 0 Å². The van der Waals surface area contributed by atoms with Gasteiger partial charge in [0.25, 0.3) is 0 Å². The molecule has 5 N–H and O–H groups in total. The minimum absolute atomic E-state index is 0.543. The molecule has 0 rings (SSSR count). The summed E-state index contributed by atoms with van der Waals surface area (Å²) in [6, 6.07) is 0. The van der Waals surface area contributed by atoms with Crippen molar-refractivity contribution in [2.45, 2.75) is 6.92 Å². The van der Waals surface area contributed by atoms with E-state index in [1.165, 1.54) is 6.92 Å². The van der Waals surface area contributed by atoms with Crippen LogP contribution >= 0.6 is 0 Å². The third-order valence-corrected chi connectivity index (χ3v) is 1.36. The van der Waals surface area contributed by atoms with E-state index >= 15 is 0 Å². The average molecular weight is 228 g/mol. The lowest BCUT2D eigenvalue weighted by Gasteiger charge is -2.17. The van der Waals surface area contributed by atoms with E-state index in [1.807, 2.05) is 0 Å². The van der Waals surface area contributed by atoms with E-state index in [2.05, 4.69) is 9.78 Å². The number of carboxylic acid groups (broad SMARTS) is 1. The highest BCUT2D eigenvalue weighted by Gasteiger charge is 2.31. The highest BCUT2D eigenvalue weighted by molar-refractivity contribution is 5.74. The number of carbonyl (C=O) groups is 2. The van der Waals surface area contributed by atoms with Crippen LogP contribution in [0.4, 0.5) is 4.79 Å². The van der Waals surface area contributed by atoms with Crippen molar-refractivity contribution < 1.29 is 45.2 Å². The van der Waals surface area contributed by atoms with E-state index < -0.39 is 30.8 Å². The third kappa shape index (κ3) is 6.62. The minimum atomic E-state index is -1.55. The molecule has 0 saturated heterocycles. The molecule has 0 radical (unpaired) electrons. The molecule has 0 aromatic rings. The van der Waals surface area contributed by atoms with Crippen LogP contribution in [0.1, 0.15) is 6.92 Å². The number of hydrogen-bond acceptors (Lipinski definition) is 8. The normalized spacial score (nSPS) is 9.67. The Bertz CT molecular complexity index is 191. The molecule has 0 atom stereocenters. The molecule has 0 aromatic carbocycles. The zero-order valence-electron chi connectivity index (χ0n) is 7.78. The van der Waals surface area contributed by atoms with Crippen molar-refractivity contribution in [3.05, 3.63) is 0 Å². The molecular weight excluding hydrogens is 216 g/mol. The van der Waals surface area contributed by atoms with Gasteiger partial charge in [0.15, 0.2) is 0 Å². The number of carbonyl (C=O) groups excluding carboxylic acids is 1. The smallest absolute Gasteiger partial charge is 0.481 e. The molecule has 90 valence electrons. The van der Waals surface area contributed by atoms with Crippen molar-refractivity contribution in [3.63, 3.8) is 0 Å². The standard InChI is InChI=1S/C5H10O4.CH2O5/c1-5(2-6,3-7)4(8)9;2-1(5-3)6-4/h6-7H,2-3H2,1H3,(H,8,9);3-4H. The Hall–Kier alpha value is -1.42. The van der Waals surface area contributed by atoms with Crippen molar-refractivity contribution in [3.8, 4) is 0 Å². The molecule has 0 aliphatic rings. The summed E-state index contributed by atoms with van der Waals surface area (Å²) in [5.74, 6) is -1.19. The molecule has 0 aliphatic heterocycles. The summed E-state index contributed by atoms with van der Waals surface area (Å²) in [4.78, 5) is 25.0. The van der Waals surface area contributed by atoms with Crippen molar-refractivity contribution in [2.24, 2.45) is 5.41 Å². The number of aliphatic hydroxyl groups is 2. The van der Waals surface area contributed by atoms with Gasteiger partial charge in [0.05, 0.1) is 13.2 Å². The number of rotatable bonds is 3. The van der Waals surface area contributed by atoms with Crippen LogP contribution in [0, 0.1) is 5.41 Å². The maximum atomic E-state index is 10.2. The van der Waals surface area contributed by atoms with Gasteiger partial charge in [-0.3, -0.25) is 14.6 Å². The largest absolute Gasteiger partial charge is 0.572 e. The molecule has 0 spiro atoms. The van der Waals surface area contributed by atoms with Gasteiger partial charge in [-0.15, -0.1) is 0 Å². The molecular formula is C6H12O9. The Morgan fingerprint density at radius 3 is 1.47 bits per heavy atom. The number of aliphatic hydroxyl groups excluding tert-OH is 2. The fourth-order valence-corrected chi connectivity index (χ4v) is 0.202. The summed E-state index contributed by atoms with van der Waals surface area (Å²) in [5, 5.41) is 39.5. The second kappa shape index (κ2) is 7.94. The fraction of sp³-hybridized carbons (Fsp3) is 0.667. The molecule has 0 amide bonds. The van der Waals surface area contributed by atoms with Crippen LogP contribution < -0.4 is 0 Å². The lowest BCUT2D eigenvalue weighted by atomic mass is 9.94. The number of aliphatic carboxylic acids is 1. The first-order valence-electron chi connectivity index (χ1n) is 3.49. The fourth-order valence-electron chi connectivity index (χ4n) is 0.202. The first-order valence-corrected chi connectivity index (χ1v) is 3.49. The second-order valence-corrected chi connectivity index (χ2v) is 2.61. The maximum absolute atomic E-state index is 10.2. The summed E-state index contributed by atoms with van der Waals surface area (Å²) < 4.78 is 0. The molecule has 0 aromatic heterocycles. The molecule has 0 saturated carbocycles. The van der Waals surface area contributed by atoms with Crippen molar-refractivity contribution in [1.29, 1.82) is 0 Å². The maximum Gasteiger partial charge on any atom is 0.572 e. The summed E-state index contributed by atoms with van der Waals surface area (Å²) in [6.45, 7) is 0.187. The molecule has 0 bridgehead atoms. The van der Waals surface area contributed by atoms with Gasteiger partial charge >= 0.3 is 12.1 Å². The quantitative estimate of drug-likeness (QED) is 0.306. The summed E-state index contributed by atoms with van der Waals surface area (Å²) in [6.07, 6.45) is -1.55. The minimum Gasteiger partial charge on any atom is -0.481 e. The van der Waals surface area contributed by atoms with Crippen LogP contribution in [0.2, 0.25) is 0 Å². The highest BCUT2D eigenvalue weighted by Crippen LogP contribution is 2.12. The molecule has 0 fully saturated rings. The Morgan fingerprint density at radius 2 is 1.47 bits per heavy atom. The number of carboxylic acids is 1. The lowest BCUT2D eigenvalue weighted by Crippen LogP contribution is -2.35. The monoisotopic (exact) mass is 228 g/mol. The zero-order valence-corrected chi connectivity index (χ0v) is 7.78. The van der Waals surface area contributed by atoms with Gasteiger partial charge in [-0.05, 0) is 6.92 Å². The van der Waals surface area contributed by atoms with E-state index in [-0.39, 0.29) is 0 Å². The molecule has 15 heavy (non-hydrogen) atoms. The Kier molecular flexibility index (Phi) is 8.48. The van der Waals surface area contributed by atoms with Gasteiger partial charge in [-0.25, -0.2) is 0 Å².